The second-order valence-corrected chi connectivity index (χ2v) is 7.54. The van der Waals surface area contributed by atoms with Crippen LogP contribution in [0.25, 0.3) is 27.7 Å². The van der Waals surface area contributed by atoms with E-state index in [1.54, 1.807) is 36.4 Å². The third-order valence-corrected chi connectivity index (χ3v) is 5.48. The highest BCUT2D eigenvalue weighted by molar-refractivity contribution is 6.38. The zero-order chi connectivity index (χ0) is 20.7. The fourth-order valence-corrected chi connectivity index (χ4v) is 4.14. The zero-order valence-electron chi connectivity index (χ0n) is 14.6. The number of pyridine rings is 1. The Kier molecular flexibility index (Phi) is 5.17. The van der Waals surface area contributed by atoms with Gasteiger partial charge in [0.15, 0.2) is 0 Å². The van der Waals surface area contributed by atoms with Gasteiger partial charge in [0.05, 0.1) is 26.3 Å². The first-order valence-corrected chi connectivity index (χ1v) is 9.59. The Morgan fingerprint density at radius 3 is 2.21 bits per heavy atom. The SMILES string of the molecule is O=Cc1cc(-c2ccc(F)cc2Cl)c2ccc(=O)n(-c3c(Cl)cccc3Cl)c2c1. The number of nitrogens with zero attached hydrogens (tertiary/aromatic N) is 1. The van der Waals surface area contributed by atoms with Crippen LogP contribution in [0, 0.1) is 5.82 Å². The molecule has 0 atom stereocenters. The Morgan fingerprint density at radius 2 is 1.55 bits per heavy atom. The lowest BCUT2D eigenvalue weighted by atomic mass is 9.97. The maximum absolute atomic E-state index is 13.5. The molecule has 0 aliphatic rings. The van der Waals surface area contributed by atoms with Crippen molar-refractivity contribution in [3.63, 3.8) is 0 Å². The summed E-state index contributed by atoms with van der Waals surface area (Å²) >= 11 is 18.9. The smallest absolute Gasteiger partial charge is 0.255 e. The molecule has 4 rings (SSSR count). The molecule has 0 radical (unpaired) electrons. The van der Waals surface area contributed by atoms with E-state index in [0.29, 0.717) is 39.6 Å². The summed E-state index contributed by atoms with van der Waals surface area (Å²) in [5.41, 5.74) is 1.78. The van der Waals surface area contributed by atoms with E-state index in [9.17, 15) is 14.0 Å². The Balaban J connectivity index is 2.17. The van der Waals surface area contributed by atoms with Gasteiger partial charge in [-0.2, -0.15) is 0 Å². The van der Waals surface area contributed by atoms with Crippen molar-refractivity contribution in [1.29, 1.82) is 0 Å². The van der Waals surface area contributed by atoms with Crippen molar-refractivity contribution in [3.05, 3.63) is 97.5 Å². The van der Waals surface area contributed by atoms with E-state index >= 15 is 0 Å². The van der Waals surface area contributed by atoms with Crippen molar-refractivity contribution in [2.75, 3.05) is 0 Å². The average Bonchev–Trinajstić information content (AvgIpc) is 2.68. The molecule has 144 valence electrons. The number of fused-ring (bicyclic) bond motifs is 1. The molecule has 0 saturated heterocycles. The molecule has 0 unspecified atom stereocenters. The number of aromatic nitrogens is 1. The molecule has 4 aromatic rings. The van der Waals surface area contributed by atoms with Crippen molar-refractivity contribution >= 4 is 52.0 Å². The number of hydrogen-bond acceptors (Lipinski definition) is 2. The van der Waals surface area contributed by atoms with E-state index in [4.69, 9.17) is 34.8 Å². The van der Waals surface area contributed by atoms with E-state index < -0.39 is 5.82 Å². The third-order valence-electron chi connectivity index (χ3n) is 4.55. The minimum absolute atomic E-state index is 0.183. The number of carbonyl (C=O) groups is 1. The molecule has 3 nitrogen and oxygen atoms in total. The van der Waals surface area contributed by atoms with Gasteiger partial charge in [-0.15, -0.1) is 0 Å². The van der Waals surface area contributed by atoms with Gasteiger partial charge in [-0.05, 0) is 54.1 Å². The zero-order valence-corrected chi connectivity index (χ0v) is 16.9. The van der Waals surface area contributed by atoms with Crippen molar-refractivity contribution in [2.45, 2.75) is 0 Å². The Hall–Kier alpha value is -2.66. The number of halogens is 4. The van der Waals surface area contributed by atoms with Gasteiger partial charge in [-0.3, -0.25) is 14.2 Å². The highest BCUT2D eigenvalue weighted by atomic mass is 35.5. The molecule has 7 heteroatoms. The van der Waals surface area contributed by atoms with Gasteiger partial charge in [0, 0.05) is 22.6 Å². The van der Waals surface area contributed by atoms with Crippen LogP contribution in [0.1, 0.15) is 10.4 Å². The quantitative estimate of drug-likeness (QED) is 0.334. The molecule has 0 aliphatic heterocycles. The first kappa shape index (κ1) is 19.6. The molecule has 0 N–H and O–H groups in total. The number of aldehydes is 1. The lowest BCUT2D eigenvalue weighted by Gasteiger charge is -2.16. The van der Waals surface area contributed by atoms with Gasteiger partial charge in [-0.1, -0.05) is 40.9 Å². The molecule has 0 saturated carbocycles. The van der Waals surface area contributed by atoms with Crippen LogP contribution >= 0.6 is 34.8 Å². The standard InChI is InChI=1S/C22H11Cl3FNO2/c23-17-2-1-3-18(24)22(17)27-20-9-12(11-28)8-16(15(20)6-7-21(27)29)14-5-4-13(26)10-19(14)25/h1-11H. The van der Waals surface area contributed by atoms with Gasteiger partial charge in [0.1, 0.15) is 12.1 Å². The summed E-state index contributed by atoms with van der Waals surface area (Å²) in [4.78, 5) is 24.4. The topological polar surface area (TPSA) is 39.1 Å². The monoisotopic (exact) mass is 445 g/mol. The summed E-state index contributed by atoms with van der Waals surface area (Å²) in [7, 11) is 0. The molecule has 3 aromatic carbocycles. The third kappa shape index (κ3) is 3.44. The van der Waals surface area contributed by atoms with Crippen molar-refractivity contribution in [1.82, 2.24) is 4.57 Å². The van der Waals surface area contributed by atoms with Gasteiger partial charge in [-0.25, -0.2) is 4.39 Å². The highest BCUT2D eigenvalue weighted by Gasteiger charge is 2.17. The number of para-hydroxylation sites is 1. The van der Waals surface area contributed by atoms with Crippen LogP contribution in [-0.4, -0.2) is 10.9 Å². The lowest BCUT2D eigenvalue weighted by molar-refractivity contribution is 0.112. The predicted molar refractivity (Wildman–Crippen MR) is 115 cm³/mol. The largest absolute Gasteiger partial charge is 0.298 e. The van der Waals surface area contributed by atoms with Crippen LogP contribution in [0.4, 0.5) is 4.39 Å². The summed E-state index contributed by atoms with van der Waals surface area (Å²) < 4.78 is 14.9. The normalized spacial score (nSPS) is 11.0. The Bertz CT molecular complexity index is 1330. The summed E-state index contributed by atoms with van der Waals surface area (Å²) in [5, 5.41) is 1.37. The number of hydrogen-bond donors (Lipinski definition) is 0. The molecular weight excluding hydrogens is 436 g/mol. The maximum atomic E-state index is 13.5. The second kappa shape index (κ2) is 7.64. The number of rotatable bonds is 3. The van der Waals surface area contributed by atoms with E-state index in [-0.39, 0.29) is 20.6 Å². The van der Waals surface area contributed by atoms with E-state index in [0.717, 1.165) is 0 Å². The fraction of sp³-hybridized carbons (Fsp3) is 0. The Labute approximate surface area is 179 Å². The molecule has 0 amide bonds. The minimum Gasteiger partial charge on any atom is -0.298 e. The molecule has 0 fully saturated rings. The first-order valence-electron chi connectivity index (χ1n) is 8.45. The summed E-state index contributed by atoms with van der Waals surface area (Å²) in [6.45, 7) is 0. The molecule has 0 aliphatic carbocycles. The highest BCUT2D eigenvalue weighted by Crippen LogP contribution is 2.36. The van der Waals surface area contributed by atoms with Crippen molar-refractivity contribution in [2.24, 2.45) is 0 Å². The predicted octanol–water partition coefficient (Wildman–Crippen LogP) is 6.57. The minimum atomic E-state index is -0.477. The van der Waals surface area contributed by atoms with Crippen LogP contribution in [0.5, 0.6) is 0 Å². The first-order chi connectivity index (χ1) is 13.9. The molecule has 29 heavy (non-hydrogen) atoms. The van der Waals surface area contributed by atoms with Gasteiger partial charge in [0.25, 0.3) is 5.56 Å². The Morgan fingerprint density at radius 1 is 0.828 bits per heavy atom. The average molecular weight is 447 g/mol. The van der Waals surface area contributed by atoms with Crippen LogP contribution in [-0.2, 0) is 0 Å². The van der Waals surface area contributed by atoms with Crippen LogP contribution in [0.15, 0.2) is 65.5 Å². The molecule has 0 spiro atoms. The van der Waals surface area contributed by atoms with Crippen LogP contribution in [0.3, 0.4) is 0 Å². The van der Waals surface area contributed by atoms with E-state index in [1.165, 1.54) is 28.8 Å². The summed E-state index contributed by atoms with van der Waals surface area (Å²) in [6.07, 6.45) is 0.663. The summed E-state index contributed by atoms with van der Waals surface area (Å²) in [5.74, 6) is -0.477. The van der Waals surface area contributed by atoms with E-state index in [2.05, 4.69) is 0 Å². The summed E-state index contributed by atoms with van der Waals surface area (Å²) in [6, 6.07) is 15.1. The second-order valence-electron chi connectivity index (χ2n) is 6.32. The maximum Gasteiger partial charge on any atom is 0.255 e. The number of benzene rings is 3. The van der Waals surface area contributed by atoms with Gasteiger partial charge >= 0.3 is 0 Å². The van der Waals surface area contributed by atoms with Crippen molar-refractivity contribution in [3.8, 4) is 16.8 Å². The molecular formula is C22H11Cl3FNO2. The molecule has 0 bridgehead atoms. The number of carbonyl (C=O) groups excluding carboxylic acids is 1. The van der Waals surface area contributed by atoms with Crippen LogP contribution in [0.2, 0.25) is 15.1 Å². The van der Waals surface area contributed by atoms with Gasteiger partial charge < -0.3 is 0 Å². The molecule has 1 heterocycles. The van der Waals surface area contributed by atoms with E-state index in [1.807, 2.05) is 0 Å². The molecule has 1 aromatic heterocycles. The lowest BCUT2D eigenvalue weighted by Crippen LogP contribution is -2.18. The fourth-order valence-electron chi connectivity index (χ4n) is 3.30. The van der Waals surface area contributed by atoms with Gasteiger partial charge in [0.2, 0.25) is 0 Å². The van der Waals surface area contributed by atoms with Crippen LogP contribution < -0.4 is 5.56 Å². The van der Waals surface area contributed by atoms with Crippen molar-refractivity contribution < 1.29 is 9.18 Å².